The van der Waals surface area contributed by atoms with Gasteiger partial charge in [-0.05, 0) is 57.2 Å². The zero-order valence-corrected chi connectivity index (χ0v) is 16.1. The quantitative estimate of drug-likeness (QED) is 0.714. The van der Waals surface area contributed by atoms with Crippen LogP contribution < -0.4 is 10.6 Å². The summed E-state index contributed by atoms with van der Waals surface area (Å²) in [5.74, 6) is 1.03. The number of furan rings is 1. The molecule has 6 nitrogen and oxygen atoms in total. The highest BCUT2D eigenvalue weighted by Crippen LogP contribution is 2.40. The molecule has 0 unspecified atom stereocenters. The van der Waals surface area contributed by atoms with Gasteiger partial charge in [0.15, 0.2) is 0 Å². The van der Waals surface area contributed by atoms with Gasteiger partial charge < -0.3 is 15.1 Å². The van der Waals surface area contributed by atoms with E-state index in [0.29, 0.717) is 34.8 Å². The number of amides is 1. The van der Waals surface area contributed by atoms with Crippen LogP contribution in [-0.4, -0.2) is 21.4 Å². The number of hydrogen-bond acceptors (Lipinski definition) is 5. The number of aryl methyl sites for hydroxylation is 2. The average Bonchev–Trinajstić information content (AvgIpc) is 3.24. The van der Waals surface area contributed by atoms with Crippen LogP contribution >= 0.6 is 0 Å². The molecule has 1 saturated carbocycles. The molecule has 0 bridgehead atoms. The Kier molecular flexibility index (Phi) is 4.13. The van der Waals surface area contributed by atoms with Crippen LogP contribution in [0, 0.1) is 20.8 Å². The molecule has 0 aliphatic heterocycles. The van der Waals surface area contributed by atoms with Crippen molar-refractivity contribution in [2.75, 3.05) is 5.32 Å². The number of hydrogen-bond donors (Lipinski definition) is 2. The third-order valence-corrected chi connectivity index (χ3v) is 5.47. The molecule has 140 valence electrons. The highest BCUT2D eigenvalue weighted by Gasteiger charge is 2.38. The standard InChI is InChI=1S/C21H24N4O2/c1-12-6-5-7-15(13(12)2)10-22-19(26)16-14(3)27-20-17(16)18(23-11-24-20)25-21(4)8-9-21/h5-7,11H,8-10H2,1-4H3,(H,22,26)(H,23,24,25). The molecule has 1 aromatic carbocycles. The normalized spacial score (nSPS) is 15.0. The van der Waals surface area contributed by atoms with Crippen molar-refractivity contribution in [1.82, 2.24) is 15.3 Å². The molecule has 6 heteroatoms. The lowest BCUT2D eigenvalue weighted by molar-refractivity contribution is 0.0950. The highest BCUT2D eigenvalue weighted by molar-refractivity contribution is 6.10. The number of nitrogens with one attached hydrogen (secondary N) is 2. The molecule has 2 N–H and O–H groups in total. The second kappa shape index (κ2) is 6.37. The van der Waals surface area contributed by atoms with Gasteiger partial charge in [0.1, 0.15) is 17.9 Å². The summed E-state index contributed by atoms with van der Waals surface area (Å²) in [4.78, 5) is 21.6. The van der Waals surface area contributed by atoms with Crippen LogP contribution in [0.5, 0.6) is 0 Å². The summed E-state index contributed by atoms with van der Waals surface area (Å²) in [5.41, 5.74) is 4.49. The lowest BCUT2D eigenvalue weighted by atomic mass is 10.0. The van der Waals surface area contributed by atoms with Crippen LogP contribution in [0.2, 0.25) is 0 Å². The van der Waals surface area contributed by atoms with E-state index in [4.69, 9.17) is 4.42 Å². The minimum Gasteiger partial charge on any atom is -0.442 e. The molecule has 2 aromatic heterocycles. The number of fused-ring (bicyclic) bond motifs is 1. The Balaban J connectivity index is 1.65. The van der Waals surface area contributed by atoms with E-state index in [2.05, 4.69) is 47.4 Å². The molecule has 0 saturated heterocycles. The SMILES string of the molecule is Cc1cccc(CNC(=O)c2c(C)oc3ncnc(NC4(C)CC4)c23)c1C. The van der Waals surface area contributed by atoms with E-state index in [-0.39, 0.29) is 11.4 Å². The van der Waals surface area contributed by atoms with Gasteiger partial charge in [0.05, 0.1) is 10.9 Å². The maximum absolute atomic E-state index is 13.0. The summed E-state index contributed by atoms with van der Waals surface area (Å²) in [7, 11) is 0. The second-order valence-electron chi connectivity index (χ2n) is 7.66. The molecular formula is C21H24N4O2. The minimum absolute atomic E-state index is 0.0406. The molecule has 0 radical (unpaired) electrons. The highest BCUT2D eigenvalue weighted by atomic mass is 16.3. The number of anilines is 1. The van der Waals surface area contributed by atoms with Crippen molar-refractivity contribution in [3.63, 3.8) is 0 Å². The fourth-order valence-electron chi connectivity index (χ4n) is 3.28. The summed E-state index contributed by atoms with van der Waals surface area (Å²) in [6, 6.07) is 6.11. The molecule has 1 fully saturated rings. The molecule has 0 spiro atoms. The molecule has 1 amide bonds. The number of carbonyl (C=O) groups is 1. The maximum atomic E-state index is 13.0. The van der Waals surface area contributed by atoms with Crippen molar-refractivity contribution in [3.05, 3.63) is 52.5 Å². The number of rotatable bonds is 5. The van der Waals surface area contributed by atoms with Crippen LogP contribution in [-0.2, 0) is 6.54 Å². The predicted molar refractivity (Wildman–Crippen MR) is 105 cm³/mol. The molecule has 1 aliphatic rings. The van der Waals surface area contributed by atoms with Gasteiger partial charge >= 0.3 is 0 Å². The van der Waals surface area contributed by atoms with Gasteiger partial charge in [0.25, 0.3) is 5.91 Å². The van der Waals surface area contributed by atoms with Crippen LogP contribution in [0.4, 0.5) is 5.82 Å². The lowest BCUT2D eigenvalue weighted by Crippen LogP contribution is -2.24. The first-order valence-electron chi connectivity index (χ1n) is 9.23. The average molecular weight is 364 g/mol. The van der Waals surface area contributed by atoms with Gasteiger partial charge in [-0.15, -0.1) is 0 Å². The van der Waals surface area contributed by atoms with E-state index >= 15 is 0 Å². The van der Waals surface area contributed by atoms with Crippen molar-refractivity contribution in [1.29, 1.82) is 0 Å². The van der Waals surface area contributed by atoms with Gasteiger partial charge in [0.2, 0.25) is 5.71 Å². The van der Waals surface area contributed by atoms with E-state index < -0.39 is 0 Å². The van der Waals surface area contributed by atoms with Gasteiger partial charge in [0, 0.05) is 12.1 Å². The summed E-state index contributed by atoms with van der Waals surface area (Å²) in [5, 5.41) is 7.12. The largest absolute Gasteiger partial charge is 0.442 e. The van der Waals surface area contributed by atoms with Gasteiger partial charge in [-0.1, -0.05) is 18.2 Å². The van der Waals surface area contributed by atoms with Crippen LogP contribution in [0.25, 0.3) is 11.1 Å². The third kappa shape index (κ3) is 3.27. The Labute approximate surface area is 158 Å². The summed E-state index contributed by atoms with van der Waals surface area (Å²) >= 11 is 0. The van der Waals surface area contributed by atoms with E-state index in [9.17, 15) is 4.79 Å². The fourth-order valence-corrected chi connectivity index (χ4v) is 3.28. The minimum atomic E-state index is -0.175. The zero-order valence-electron chi connectivity index (χ0n) is 16.1. The molecule has 0 atom stereocenters. The monoisotopic (exact) mass is 364 g/mol. The first-order chi connectivity index (χ1) is 12.9. The molecule has 2 heterocycles. The number of benzene rings is 1. The van der Waals surface area contributed by atoms with Crippen molar-refractivity contribution in [2.24, 2.45) is 0 Å². The Hall–Kier alpha value is -2.89. The van der Waals surface area contributed by atoms with Crippen LogP contribution in [0.15, 0.2) is 28.9 Å². The first kappa shape index (κ1) is 17.5. The number of nitrogens with zero attached hydrogens (tertiary/aromatic N) is 2. The molecule has 1 aliphatic carbocycles. The summed E-state index contributed by atoms with van der Waals surface area (Å²) in [6.07, 6.45) is 3.64. The number of aromatic nitrogens is 2. The Morgan fingerprint density at radius 1 is 1.22 bits per heavy atom. The maximum Gasteiger partial charge on any atom is 0.255 e. The van der Waals surface area contributed by atoms with Gasteiger partial charge in [-0.2, -0.15) is 0 Å². The van der Waals surface area contributed by atoms with Crippen molar-refractivity contribution in [2.45, 2.75) is 52.6 Å². The zero-order chi connectivity index (χ0) is 19.2. The predicted octanol–water partition coefficient (Wildman–Crippen LogP) is 4.04. The van der Waals surface area contributed by atoms with Crippen molar-refractivity contribution in [3.8, 4) is 0 Å². The summed E-state index contributed by atoms with van der Waals surface area (Å²) < 4.78 is 5.74. The van der Waals surface area contributed by atoms with Gasteiger partial charge in [-0.3, -0.25) is 4.79 Å². The van der Waals surface area contributed by atoms with Gasteiger partial charge in [-0.25, -0.2) is 9.97 Å². The van der Waals surface area contributed by atoms with Crippen LogP contribution in [0.1, 0.15) is 52.6 Å². The van der Waals surface area contributed by atoms with Crippen molar-refractivity contribution < 1.29 is 9.21 Å². The van der Waals surface area contributed by atoms with E-state index in [1.807, 2.05) is 12.1 Å². The topological polar surface area (TPSA) is 80.1 Å². The Morgan fingerprint density at radius 2 is 2.00 bits per heavy atom. The Bertz CT molecular complexity index is 1030. The third-order valence-electron chi connectivity index (χ3n) is 5.47. The van der Waals surface area contributed by atoms with E-state index in [1.54, 1.807) is 6.92 Å². The molecule has 3 aromatic rings. The van der Waals surface area contributed by atoms with E-state index in [1.165, 1.54) is 17.5 Å². The van der Waals surface area contributed by atoms with Crippen LogP contribution in [0.3, 0.4) is 0 Å². The lowest BCUT2D eigenvalue weighted by Gasteiger charge is -2.13. The Morgan fingerprint density at radius 3 is 2.74 bits per heavy atom. The van der Waals surface area contributed by atoms with Crippen molar-refractivity contribution >= 4 is 22.8 Å². The van der Waals surface area contributed by atoms with E-state index in [0.717, 1.165) is 18.4 Å². The molecule has 27 heavy (non-hydrogen) atoms. The number of carbonyl (C=O) groups excluding carboxylic acids is 1. The molecule has 4 rings (SSSR count). The fraction of sp³-hybridized carbons (Fsp3) is 0.381. The molecular weight excluding hydrogens is 340 g/mol. The first-order valence-corrected chi connectivity index (χ1v) is 9.23. The smallest absolute Gasteiger partial charge is 0.255 e. The summed E-state index contributed by atoms with van der Waals surface area (Å²) in [6.45, 7) is 8.54. The second-order valence-corrected chi connectivity index (χ2v) is 7.66.